The third kappa shape index (κ3) is 2.10. The lowest BCUT2D eigenvalue weighted by Crippen LogP contribution is -2.04. The van der Waals surface area contributed by atoms with Gasteiger partial charge in [0.2, 0.25) is 0 Å². The van der Waals surface area contributed by atoms with Crippen LogP contribution in [0, 0.1) is 11.6 Å². The van der Waals surface area contributed by atoms with Gasteiger partial charge in [0.05, 0.1) is 0 Å². The van der Waals surface area contributed by atoms with E-state index in [2.05, 4.69) is 9.97 Å². The van der Waals surface area contributed by atoms with Crippen molar-refractivity contribution in [2.45, 2.75) is 0 Å². The Kier molecular flexibility index (Phi) is 2.78. The van der Waals surface area contributed by atoms with Gasteiger partial charge in [0.25, 0.3) is 0 Å². The molecule has 2 rings (SSSR count). The van der Waals surface area contributed by atoms with Crippen LogP contribution in [-0.2, 0) is 0 Å². The van der Waals surface area contributed by atoms with Crippen LogP contribution >= 0.6 is 0 Å². The van der Waals surface area contributed by atoms with E-state index in [1.54, 1.807) is 0 Å². The van der Waals surface area contributed by atoms with E-state index in [4.69, 9.17) is 5.11 Å². The molecular weight excluding hydrogens is 230 g/mol. The van der Waals surface area contributed by atoms with Crippen molar-refractivity contribution in [1.29, 1.82) is 0 Å². The number of carboxylic acid groups (broad SMARTS) is 1. The van der Waals surface area contributed by atoms with Gasteiger partial charge in [-0.3, -0.25) is 0 Å². The van der Waals surface area contributed by atoms with Gasteiger partial charge in [-0.2, -0.15) is 0 Å². The highest BCUT2D eigenvalue weighted by Crippen LogP contribution is 2.23. The normalized spacial score (nSPS) is 10.2. The van der Waals surface area contributed by atoms with Gasteiger partial charge in [-0.1, -0.05) is 0 Å². The van der Waals surface area contributed by atoms with Crippen LogP contribution in [0.5, 0.6) is 0 Å². The van der Waals surface area contributed by atoms with Crippen molar-refractivity contribution in [3.8, 4) is 11.1 Å². The Balaban J connectivity index is 2.57. The smallest absolute Gasteiger partial charge is 0.341 e. The van der Waals surface area contributed by atoms with Gasteiger partial charge in [-0.25, -0.2) is 23.5 Å². The number of hydrogen-bond donors (Lipinski definition) is 1. The van der Waals surface area contributed by atoms with Gasteiger partial charge in [0.15, 0.2) is 0 Å². The van der Waals surface area contributed by atoms with E-state index in [9.17, 15) is 13.6 Å². The number of aromatic carboxylic acids is 1. The number of halogens is 2. The highest BCUT2D eigenvalue weighted by atomic mass is 19.1. The van der Waals surface area contributed by atoms with Gasteiger partial charge < -0.3 is 5.11 Å². The quantitative estimate of drug-likeness (QED) is 0.867. The molecule has 2 aromatic rings. The maximum Gasteiger partial charge on any atom is 0.341 e. The van der Waals surface area contributed by atoms with E-state index < -0.39 is 23.2 Å². The van der Waals surface area contributed by atoms with Crippen LogP contribution in [-0.4, -0.2) is 21.0 Å². The molecule has 86 valence electrons. The number of aromatic nitrogens is 2. The Bertz CT molecular complexity index is 550. The van der Waals surface area contributed by atoms with Gasteiger partial charge in [-0.15, -0.1) is 0 Å². The summed E-state index contributed by atoms with van der Waals surface area (Å²) in [5.41, 5.74) is -0.376. The van der Waals surface area contributed by atoms with Gasteiger partial charge in [-0.05, 0) is 17.7 Å². The maximum absolute atomic E-state index is 13.4. The van der Waals surface area contributed by atoms with E-state index >= 15 is 0 Å². The van der Waals surface area contributed by atoms with E-state index in [-0.39, 0.29) is 5.56 Å². The molecule has 4 nitrogen and oxygen atoms in total. The monoisotopic (exact) mass is 236 g/mol. The minimum atomic E-state index is -1.64. The molecule has 17 heavy (non-hydrogen) atoms. The molecule has 0 bridgehead atoms. The van der Waals surface area contributed by atoms with Crippen LogP contribution in [0.3, 0.4) is 0 Å². The zero-order valence-electron chi connectivity index (χ0n) is 8.39. The molecule has 0 atom stereocenters. The van der Waals surface area contributed by atoms with E-state index in [0.29, 0.717) is 5.56 Å². The number of rotatable bonds is 2. The predicted molar refractivity (Wildman–Crippen MR) is 54.3 cm³/mol. The summed E-state index contributed by atoms with van der Waals surface area (Å²) in [6.07, 6.45) is 4.03. The largest absolute Gasteiger partial charge is 0.477 e. The SMILES string of the molecule is O=C(O)c1c(F)cc(-c2cncnc2)cc1F. The molecule has 0 saturated carbocycles. The summed E-state index contributed by atoms with van der Waals surface area (Å²) in [4.78, 5) is 18.0. The third-order valence-electron chi connectivity index (χ3n) is 2.15. The Morgan fingerprint density at radius 1 is 1.06 bits per heavy atom. The zero-order valence-corrected chi connectivity index (χ0v) is 8.39. The summed E-state index contributed by atoms with van der Waals surface area (Å²) in [6.45, 7) is 0. The van der Waals surface area contributed by atoms with Gasteiger partial charge in [0, 0.05) is 18.0 Å². The highest BCUT2D eigenvalue weighted by Gasteiger charge is 2.18. The van der Waals surface area contributed by atoms with E-state index in [0.717, 1.165) is 12.1 Å². The predicted octanol–water partition coefficient (Wildman–Crippen LogP) is 2.12. The van der Waals surface area contributed by atoms with Crippen molar-refractivity contribution in [3.63, 3.8) is 0 Å². The minimum absolute atomic E-state index is 0.186. The van der Waals surface area contributed by atoms with Gasteiger partial charge >= 0.3 is 5.97 Å². The lowest BCUT2D eigenvalue weighted by atomic mass is 10.1. The van der Waals surface area contributed by atoms with Crippen LogP contribution in [0.4, 0.5) is 8.78 Å². The second kappa shape index (κ2) is 4.25. The summed E-state index contributed by atoms with van der Waals surface area (Å²) in [7, 11) is 0. The summed E-state index contributed by atoms with van der Waals surface area (Å²) in [6, 6.07) is 1.87. The topological polar surface area (TPSA) is 63.1 Å². The summed E-state index contributed by atoms with van der Waals surface area (Å²) in [5.74, 6) is -3.90. The molecule has 0 aliphatic rings. The second-order valence-electron chi connectivity index (χ2n) is 3.25. The van der Waals surface area contributed by atoms with Crippen LogP contribution in [0.2, 0.25) is 0 Å². The molecule has 0 saturated heterocycles. The number of carboxylic acids is 1. The molecule has 0 radical (unpaired) electrons. The first kappa shape index (κ1) is 11.1. The van der Waals surface area contributed by atoms with Crippen LogP contribution in [0.1, 0.15) is 10.4 Å². The first-order chi connectivity index (χ1) is 8.09. The molecule has 1 heterocycles. The molecule has 0 amide bonds. The summed E-state index contributed by atoms with van der Waals surface area (Å²) >= 11 is 0. The average molecular weight is 236 g/mol. The van der Waals surface area contributed by atoms with E-state index in [1.165, 1.54) is 18.7 Å². The molecule has 0 aliphatic heterocycles. The molecule has 1 aromatic carbocycles. The fraction of sp³-hybridized carbons (Fsp3) is 0. The highest BCUT2D eigenvalue weighted by molar-refractivity contribution is 5.89. The van der Waals surface area contributed by atoms with E-state index in [1.807, 2.05) is 0 Å². The zero-order chi connectivity index (χ0) is 12.4. The van der Waals surface area contributed by atoms with Crippen molar-refractivity contribution in [2.24, 2.45) is 0 Å². The Labute approximate surface area is 94.6 Å². The maximum atomic E-state index is 13.4. The standard InChI is InChI=1S/C11H6F2N2O2/c12-8-1-6(7-3-14-5-15-4-7)2-9(13)10(8)11(16)17/h1-5H,(H,16,17). The lowest BCUT2D eigenvalue weighted by Gasteiger charge is -2.04. The number of nitrogens with zero attached hydrogens (tertiary/aromatic N) is 2. The van der Waals surface area contributed by atoms with Gasteiger partial charge in [0.1, 0.15) is 23.5 Å². The van der Waals surface area contributed by atoms with Crippen LogP contribution < -0.4 is 0 Å². The van der Waals surface area contributed by atoms with Crippen molar-refractivity contribution in [2.75, 3.05) is 0 Å². The molecular formula is C11H6F2N2O2. The molecule has 0 spiro atoms. The number of benzene rings is 1. The Morgan fingerprint density at radius 3 is 2.06 bits per heavy atom. The number of carbonyl (C=O) groups is 1. The fourth-order valence-corrected chi connectivity index (χ4v) is 1.39. The molecule has 0 aliphatic carbocycles. The summed E-state index contributed by atoms with van der Waals surface area (Å²) in [5, 5.41) is 8.60. The minimum Gasteiger partial charge on any atom is -0.477 e. The van der Waals surface area contributed by atoms with Crippen LogP contribution in [0.15, 0.2) is 30.9 Å². The lowest BCUT2D eigenvalue weighted by molar-refractivity contribution is 0.0686. The third-order valence-corrected chi connectivity index (χ3v) is 2.15. The molecule has 0 fully saturated rings. The first-order valence-electron chi connectivity index (χ1n) is 4.57. The van der Waals surface area contributed by atoms with Crippen LogP contribution in [0.25, 0.3) is 11.1 Å². The van der Waals surface area contributed by atoms with Crippen molar-refractivity contribution >= 4 is 5.97 Å². The van der Waals surface area contributed by atoms with Crippen molar-refractivity contribution in [1.82, 2.24) is 9.97 Å². The summed E-state index contributed by atoms with van der Waals surface area (Å²) < 4.78 is 26.8. The van der Waals surface area contributed by atoms with Crippen molar-refractivity contribution < 1.29 is 18.7 Å². The van der Waals surface area contributed by atoms with Crippen molar-refractivity contribution in [3.05, 3.63) is 48.1 Å². The average Bonchev–Trinajstić information content (AvgIpc) is 2.28. The molecule has 0 unspecified atom stereocenters. The molecule has 6 heteroatoms. The Hall–Kier alpha value is -2.37. The molecule has 1 aromatic heterocycles. The first-order valence-corrected chi connectivity index (χ1v) is 4.57. The molecule has 1 N–H and O–H groups in total. The number of hydrogen-bond acceptors (Lipinski definition) is 3. The second-order valence-corrected chi connectivity index (χ2v) is 3.25. The fourth-order valence-electron chi connectivity index (χ4n) is 1.39. The Morgan fingerprint density at radius 2 is 1.59 bits per heavy atom.